The second kappa shape index (κ2) is 7.16. The van der Waals surface area contributed by atoms with Gasteiger partial charge in [-0.05, 0) is 25.8 Å². The van der Waals surface area contributed by atoms with Crippen LogP contribution >= 0.6 is 0 Å². The van der Waals surface area contributed by atoms with Crippen LogP contribution in [0.1, 0.15) is 46.0 Å². The molecule has 1 spiro atoms. The highest BCUT2D eigenvalue weighted by molar-refractivity contribution is 7.85. The molecule has 0 bridgehead atoms. The fraction of sp³-hybridized carbons (Fsp3) is 1.00. The van der Waals surface area contributed by atoms with Gasteiger partial charge in [-0.2, -0.15) is 0 Å². The molecule has 1 aliphatic carbocycles. The predicted molar refractivity (Wildman–Crippen MR) is 77.7 cm³/mol. The van der Waals surface area contributed by atoms with Crippen molar-refractivity contribution in [3.63, 3.8) is 0 Å². The largest absolute Gasteiger partial charge is 0.347 e. The Labute approximate surface area is 119 Å². The van der Waals surface area contributed by atoms with Crippen molar-refractivity contribution in [3.05, 3.63) is 0 Å². The Hall–Kier alpha value is 0.0300. The van der Waals surface area contributed by atoms with Crippen molar-refractivity contribution < 1.29 is 13.7 Å². The molecule has 4 nitrogen and oxygen atoms in total. The number of hydrogen-bond donors (Lipinski definition) is 1. The second-order valence-corrected chi connectivity index (χ2v) is 7.31. The van der Waals surface area contributed by atoms with E-state index < -0.39 is 16.6 Å². The van der Waals surface area contributed by atoms with Gasteiger partial charge in [0, 0.05) is 35.4 Å². The van der Waals surface area contributed by atoms with E-state index in [0.29, 0.717) is 19.3 Å². The minimum Gasteiger partial charge on any atom is -0.347 e. The average molecular weight is 289 g/mol. The normalized spacial score (nSPS) is 31.7. The topological polar surface area (TPSA) is 47.6 Å². The molecule has 112 valence electrons. The Balaban J connectivity index is 2.02. The molecule has 3 atom stereocenters. The summed E-state index contributed by atoms with van der Waals surface area (Å²) in [5, 5.41) is 3.73. The molecule has 1 heterocycles. The molecule has 0 amide bonds. The summed E-state index contributed by atoms with van der Waals surface area (Å²) < 4.78 is 24.1. The summed E-state index contributed by atoms with van der Waals surface area (Å²) in [7, 11) is -0.785. The van der Waals surface area contributed by atoms with E-state index in [4.69, 9.17) is 9.47 Å². The SMILES string of the molecule is CCCNC1CCC2(CC1S(=O)CCC)OCCO2. The lowest BCUT2D eigenvalue weighted by atomic mass is 9.89. The van der Waals surface area contributed by atoms with Gasteiger partial charge in [0.15, 0.2) is 5.79 Å². The zero-order valence-corrected chi connectivity index (χ0v) is 13.0. The number of ether oxygens (including phenoxy) is 2. The van der Waals surface area contributed by atoms with Gasteiger partial charge < -0.3 is 14.8 Å². The Morgan fingerprint density at radius 2 is 2.00 bits per heavy atom. The molecule has 0 aromatic rings. The third-order valence-electron chi connectivity index (χ3n) is 4.01. The van der Waals surface area contributed by atoms with Crippen LogP contribution in [0, 0.1) is 0 Å². The van der Waals surface area contributed by atoms with Gasteiger partial charge >= 0.3 is 0 Å². The van der Waals surface area contributed by atoms with Crippen LogP contribution in [0.5, 0.6) is 0 Å². The van der Waals surface area contributed by atoms with Crippen molar-refractivity contribution in [1.82, 2.24) is 5.32 Å². The van der Waals surface area contributed by atoms with Crippen molar-refractivity contribution in [2.24, 2.45) is 0 Å². The predicted octanol–water partition coefficient (Wildman–Crippen LogP) is 1.81. The molecule has 1 N–H and O–H groups in total. The maximum absolute atomic E-state index is 12.5. The third kappa shape index (κ3) is 3.78. The lowest BCUT2D eigenvalue weighted by molar-refractivity contribution is -0.178. The van der Waals surface area contributed by atoms with E-state index in [1.54, 1.807) is 0 Å². The number of nitrogens with one attached hydrogen (secondary N) is 1. The van der Waals surface area contributed by atoms with Crippen LogP contribution in [0.2, 0.25) is 0 Å². The van der Waals surface area contributed by atoms with E-state index in [-0.39, 0.29) is 5.25 Å². The summed E-state index contributed by atoms with van der Waals surface area (Å²) in [5.74, 6) is 0.351. The quantitative estimate of drug-likeness (QED) is 0.810. The Kier molecular flexibility index (Phi) is 5.81. The highest BCUT2D eigenvalue weighted by Gasteiger charge is 2.46. The van der Waals surface area contributed by atoms with E-state index >= 15 is 0 Å². The first kappa shape index (κ1) is 15.4. The standard InChI is InChI=1S/C14H27NO3S/c1-3-7-15-12-5-6-14(17-8-9-18-14)11-13(12)19(16)10-4-2/h12-13,15H,3-11H2,1-2H3. The van der Waals surface area contributed by atoms with Gasteiger partial charge in [0.1, 0.15) is 0 Å². The van der Waals surface area contributed by atoms with E-state index in [9.17, 15) is 4.21 Å². The molecule has 3 unspecified atom stereocenters. The highest BCUT2D eigenvalue weighted by Crippen LogP contribution is 2.38. The van der Waals surface area contributed by atoms with Crippen LogP contribution in [0.4, 0.5) is 0 Å². The molecule has 2 rings (SSSR count). The highest BCUT2D eigenvalue weighted by atomic mass is 32.2. The first-order chi connectivity index (χ1) is 9.21. The fourth-order valence-electron chi connectivity index (χ4n) is 3.06. The molecule has 19 heavy (non-hydrogen) atoms. The summed E-state index contributed by atoms with van der Waals surface area (Å²) in [5.41, 5.74) is 0. The van der Waals surface area contributed by atoms with Gasteiger partial charge in [-0.3, -0.25) is 4.21 Å². The van der Waals surface area contributed by atoms with Crippen LogP contribution in [-0.2, 0) is 20.3 Å². The molecule has 0 radical (unpaired) electrons. The Morgan fingerprint density at radius 3 is 2.63 bits per heavy atom. The first-order valence-corrected chi connectivity index (χ1v) is 8.97. The van der Waals surface area contributed by atoms with Crippen LogP contribution in [0.15, 0.2) is 0 Å². The minimum atomic E-state index is -0.785. The smallest absolute Gasteiger partial charge is 0.169 e. The van der Waals surface area contributed by atoms with Crippen LogP contribution in [0.25, 0.3) is 0 Å². The summed E-state index contributed by atoms with van der Waals surface area (Å²) in [6.07, 6.45) is 4.79. The summed E-state index contributed by atoms with van der Waals surface area (Å²) in [4.78, 5) is 0. The number of hydrogen-bond acceptors (Lipinski definition) is 4. The summed E-state index contributed by atoms with van der Waals surface area (Å²) in [6.45, 7) is 6.62. The van der Waals surface area contributed by atoms with Crippen LogP contribution in [0.3, 0.4) is 0 Å². The van der Waals surface area contributed by atoms with E-state index in [1.807, 2.05) is 0 Å². The van der Waals surface area contributed by atoms with Crippen LogP contribution < -0.4 is 5.32 Å². The van der Waals surface area contributed by atoms with Crippen molar-refractivity contribution >= 4 is 10.8 Å². The average Bonchev–Trinajstić information content (AvgIpc) is 2.86. The summed E-state index contributed by atoms with van der Waals surface area (Å²) >= 11 is 0. The molecular weight excluding hydrogens is 262 g/mol. The molecule has 0 aromatic heterocycles. The summed E-state index contributed by atoms with van der Waals surface area (Å²) in [6, 6.07) is 0.353. The molecule has 1 saturated heterocycles. The zero-order valence-electron chi connectivity index (χ0n) is 12.2. The van der Waals surface area contributed by atoms with E-state index in [2.05, 4.69) is 19.2 Å². The van der Waals surface area contributed by atoms with E-state index in [1.165, 1.54) is 0 Å². The van der Waals surface area contributed by atoms with Crippen LogP contribution in [-0.4, -0.2) is 46.8 Å². The molecular formula is C14H27NO3S. The van der Waals surface area contributed by atoms with Gasteiger partial charge in [0.05, 0.1) is 18.5 Å². The monoisotopic (exact) mass is 289 g/mol. The molecule has 1 saturated carbocycles. The Bertz CT molecular complexity index is 305. The van der Waals surface area contributed by atoms with Gasteiger partial charge in [0.25, 0.3) is 0 Å². The maximum Gasteiger partial charge on any atom is 0.169 e. The van der Waals surface area contributed by atoms with Crippen molar-refractivity contribution in [3.8, 4) is 0 Å². The molecule has 5 heteroatoms. The molecule has 2 aliphatic rings. The minimum absolute atomic E-state index is 0.165. The maximum atomic E-state index is 12.5. The fourth-order valence-corrected chi connectivity index (χ4v) is 4.81. The van der Waals surface area contributed by atoms with Crippen molar-refractivity contribution in [2.45, 2.75) is 63.0 Å². The van der Waals surface area contributed by atoms with Gasteiger partial charge in [-0.15, -0.1) is 0 Å². The first-order valence-electron chi connectivity index (χ1n) is 7.59. The van der Waals surface area contributed by atoms with Gasteiger partial charge in [0.2, 0.25) is 0 Å². The van der Waals surface area contributed by atoms with Gasteiger partial charge in [-0.1, -0.05) is 13.8 Å². The van der Waals surface area contributed by atoms with Gasteiger partial charge in [-0.25, -0.2) is 0 Å². The molecule has 2 fully saturated rings. The van der Waals surface area contributed by atoms with E-state index in [0.717, 1.165) is 44.4 Å². The second-order valence-electron chi connectivity index (χ2n) is 5.53. The van der Waals surface area contributed by atoms with Crippen molar-refractivity contribution in [1.29, 1.82) is 0 Å². The third-order valence-corrected chi connectivity index (χ3v) is 5.99. The Morgan fingerprint density at radius 1 is 1.26 bits per heavy atom. The molecule has 1 aliphatic heterocycles. The van der Waals surface area contributed by atoms with Crippen molar-refractivity contribution in [2.75, 3.05) is 25.5 Å². The molecule has 0 aromatic carbocycles. The number of rotatable bonds is 6. The lowest BCUT2D eigenvalue weighted by Crippen LogP contribution is -2.53. The zero-order chi connectivity index (χ0) is 13.7. The lowest BCUT2D eigenvalue weighted by Gasteiger charge is -2.41.